The first-order valence-corrected chi connectivity index (χ1v) is 12.9. The molecule has 3 aliphatic heterocycles. The van der Waals surface area contributed by atoms with Crippen molar-refractivity contribution in [2.45, 2.75) is 39.3 Å². The number of piperazine rings is 1. The van der Waals surface area contributed by atoms with Gasteiger partial charge in [0.1, 0.15) is 11.5 Å². The largest absolute Gasteiger partial charge is 0.497 e. The lowest BCUT2D eigenvalue weighted by molar-refractivity contribution is -0.143. The molecule has 9 nitrogen and oxygen atoms in total. The molecule has 10 heteroatoms. The van der Waals surface area contributed by atoms with E-state index in [-0.39, 0.29) is 18.4 Å². The van der Waals surface area contributed by atoms with Gasteiger partial charge < -0.3 is 28.9 Å². The van der Waals surface area contributed by atoms with E-state index >= 15 is 0 Å². The summed E-state index contributed by atoms with van der Waals surface area (Å²) in [5.74, 6) is 0.855. The topological polar surface area (TPSA) is 83.9 Å². The van der Waals surface area contributed by atoms with Gasteiger partial charge in [0.25, 0.3) is 0 Å². The number of thioether (sulfide) groups is 1. The van der Waals surface area contributed by atoms with E-state index in [1.165, 1.54) is 11.8 Å². The van der Waals surface area contributed by atoms with Crippen molar-refractivity contribution in [3.63, 3.8) is 0 Å². The number of hydrogen-bond acceptors (Lipinski definition) is 9. The number of hydrogen-bond donors (Lipinski definition) is 0. The Bertz CT molecular complexity index is 1120. The molecule has 0 radical (unpaired) electrons. The number of likely N-dealkylation sites (N-methyl/N-ethyl adjacent to an activating group) is 1. The lowest BCUT2D eigenvalue weighted by Gasteiger charge is -2.38. The van der Waals surface area contributed by atoms with Gasteiger partial charge in [0.05, 0.1) is 44.1 Å². The normalized spacial score (nSPS) is 20.2. The third-order valence-corrected chi connectivity index (χ3v) is 7.37. The van der Waals surface area contributed by atoms with Gasteiger partial charge in [0, 0.05) is 37.4 Å². The van der Waals surface area contributed by atoms with E-state index in [1.807, 2.05) is 54.2 Å². The zero-order valence-corrected chi connectivity index (χ0v) is 22.6. The Hall–Kier alpha value is -2.98. The molecule has 0 aliphatic carbocycles. The summed E-state index contributed by atoms with van der Waals surface area (Å²) in [6, 6.07) is 4.92. The minimum Gasteiger partial charge on any atom is -0.497 e. The highest BCUT2D eigenvalue weighted by Crippen LogP contribution is 2.47. The van der Waals surface area contributed by atoms with Crippen molar-refractivity contribution in [2.24, 2.45) is 4.99 Å². The molecular formula is C26H34N4O5S. The van der Waals surface area contributed by atoms with Gasteiger partial charge in [0.15, 0.2) is 5.17 Å². The molecule has 0 spiro atoms. The number of nitrogens with zero attached hydrogens (tertiary/aromatic N) is 4. The molecule has 0 unspecified atom stereocenters. The number of aliphatic imine (C=N–C) groups is 1. The van der Waals surface area contributed by atoms with Gasteiger partial charge in [-0.15, -0.1) is 0 Å². The van der Waals surface area contributed by atoms with Gasteiger partial charge in [-0.2, -0.15) is 0 Å². The SMILES string of the molecule is COc1ccc(OC)c([C@H]2C(C(=O)OC(C)C)=C(C)N=C3SC=C(CC(=O)N4CCN(C)CC4)N32)c1. The minimum atomic E-state index is -0.588. The van der Waals surface area contributed by atoms with Crippen molar-refractivity contribution >= 4 is 28.8 Å². The van der Waals surface area contributed by atoms with Gasteiger partial charge >= 0.3 is 5.97 Å². The van der Waals surface area contributed by atoms with Gasteiger partial charge in [-0.25, -0.2) is 9.79 Å². The molecule has 0 saturated carbocycles. The molecule has 0 N–H and O–H groups in total. The lowest BCUT2D eigenvalue weighted by Crippen LogP contribution is -2.47. The van der Waals surface area contributed by atoms with E-state index in [1.54, 1.807) is 14.2 Å². The Kier molecular flexibility index (Phi) is 7.94. The zero-order chi connectivity index (χ0) is 26.0. The lowest BCUT2D eigenvalue weighted by atomic mass is 9.92. The fourth-order valence-electron chi connectivity index (χ4n) is 4.58. The molecule has 194 valence electrons. The Balaban J connectivity index is 1.75. The van der Waals surface area contributed by atoms with Crippen LogP contribution < -0.4 is 9.47 Å². The van der Waals surface area contributed by atoms with Crippen LogP contribution in [-0.2, 0) is 14.3 Å². The second kappa shape index (κ2) is 11.0. The summed E-state index contributed by atoms with van der Waals surface area (Å²) in [6.07, 6.45) is -0.0813. The third-order valence-electron chi connectivity index (χ3n) is 6.48. The predicted molar refractivity (Wildman–Crippen MR) is 140 cm³/mol. The highest BCUT2D eigenvalue weighted by molar-refractivity contribution is 8.16. The number of methoxy groups -OCH3 is 2. The first kappa shape index (κ1) is 26.1. The second-order valence-electron chi connectivity index (χ2n) is 9.32. The van der Waals surface area contributed by atoms with Crippen molar-refractivity contribution in [3.8, 4) is 11.5 Å². The van der Waals surface area contributed by atoms with Crippen LogP contribution in [0.5, 0.6) is 11.5 Å². The molecule has 3 heterocycles. The average Bonchev–Trinajstić information content (AvgIpc) is 3.24. The van der Waals surface area contributed by atoms with Crippen LogP contribution in [0.15, 0.2) is 45.6 Å². The fraction of sp³-hybridized carbons (Fsp3) is 0.500. The van der Waals surface area contributed by atoms with Crippen molar-refractivity contribution < 1.29 is 23.8 Å². The summed E-state index contributed by atoms with van der Waals surface area (Å²) in [4.78, 5) is 37.5. The number of allylic oxidation sites excluding steroid dienone is 1. The van der Waals surface area contributed by atoms with Crippen molar-refractivity contribution in [1.29, 1.82) is 0 Å². The van der Waals surface area contributed by atoms with Crippen molar-refractivity contribution in [1.82, 2.24) is 14.7 Å². The monoisotopic (exact) mass is 514 g/mol. The zero-order valence-electron chi connectivity index (χ0n) is 21.7. The van der Waals surface area contributed by atoms with E-state index in [0.29, 0.717) is 41.0 Å². The van der Waals surface area contributed by atoms with Gasteiger partial charge in [-0.1, -0.05) is 11.8 Å². The number of esters is 1. The number of ether oxygens (including phenoxy) is 3. The van der Waals surface area contributed by atoms with Crippen LogP contribution in [0.1, 0.15) is 38.8 Å². The van der Waals surface area contributed by atoms with Crippen LogP contribution in [0, 0.1) is 0 Å². The molecule has 0 bridgehead atoms. The average molecular weight is 515 g/mol. The summed E-state index contributed by atoms with van der Waals surface area (Å²) in [5, 5.41) is 2.67. The Morgan fingerprint density at radius 1 is 1.14 bits per heavy atom. The summed E-state index contributed by atoms with van der Waals surface area (Å²) in [5.41, 5.74) is 2.52. The second-order valence-corrected chi connectivity index (χ2v) is 10.2. The smallest absolute Gasteiger partial charge is 0.338 e. The Labute approximate surface area is 216 Å². The Morgan fingerprint density at radius 2 is 1.86 bits per heavy atom. The van der Waals surface area contributed by atoms with E-state index in [2.05, 4.69) is 11.9 Å². The maximum absolute atomic E-state index is 13.4. The number of fused-ring (bicyclic) bond motifs is 1. The highest BCUT2D eigenvalue weighted by atomic mass is 32.2. The molecule has 3 aliphatic rings. The predicted octanol–water partition coefficient (Wildman–Crippen LogP) is 3.39. The molecule has 1 amide bonds. The summed E-state index contributed by atoms with van der Waals surface area (Å²) < 4.78 is 16.9. The number of carbonyl (C=O) groups is 2. The van der Waals surface area contributed by atoms with Crippen molar-refractivity contribution in [2.75, 3.05) is 47.4 Å². The molecule has 4 rings (SSSR count). The van der Waals surface area contributed by atoms with Crippen LogP contribution in [0.4, 0.5) is 0 Å². The van der Waals surface area contributed by atoms with Crippen LogP contribution in [0.2, 0.25) is 0 Å². The fourth-order valence-corrected chi connectivity index (χ4v) is 5.54. The van der Waals surface area contributed by atoms with Crippen LogP contribution in [0.3, 0.4) is 0 Å². The number of rotatable bonds is 7. The standard InChI is InChI=1S/C26H34N4O5S/c1-16(2)35-25(32)23-17(3)27-26-30(24(23)20-14-19(33-5)7-8-21(20)34-6)18(15-36-26)13-22(31)29-11-9-28(4)10-12-29/h7-8,14-16,24H,9-13H2,1-6H3/t24-/m0/s1. The maximum Gasteiger partial charge on any atom is 0.338 e. The van der Waals surface area contributed by atoms with E-state index < -0.39 is 12.0 Å². The summed E-state index contributed by atoms with van der Waals surface area (Å²) in [7, 11) is 5.26. The quantitative estimate of drug-likeness (QED) is 0.512. The molecule has 1 aromatic carbocycles. The molecule has 1 aromatic rings. The Morgan fingerprint density at radius 3 is 2.50 bits per heavy atom. The van der Waals surface area contributed by atoms with Crippen LogP contribution >= 0.6 is 11.8 Å². The minimum absolute atomic E-state index is 0.0603. The number of amidine groups is 1. The molecular weight excluding hydrogens is 480 g/mol. The number of amides is 1. The van der Waals surface area contributed by atoms with Crippen molar-refractivity contribution in [3.05, 3.63) is 46.1 Å². The highest BCUT2D eigenvalue weighted by Gasteiger charge is 2.43. The number of carbonyl (C=O) groups excluding carboxylic acids is 2. The molecule has 1 atom stereocenters. The van der Waals surface area contributed by atoms with Gasteiger partial charge in [0.2, 0.25) is 5.91 Å². The van der Waals surface area contributed by atoms with Crippen LogP contribution in [-0.4, -0.2) is 85.3 Å². The molecule has 1 fully saturated rings. The van der Waals surface area contributed by atoms with Crippen LogP contribution in [0.25, 0.3) is 0 Å². The number of benzene rings is 1. The van der Waals surface area contributed by atoms with E-state index in [4.69, 9.17) is 19.2 Å². The molecule has 1 saturated heterocycles. The maximum atomic E-state index is 13.4. The first-order chi connectivity index (χ1) is 17.2. The summed E-state index contributed by atoms with van der Waals surface area (Å²) >= 11 is 1.45. The molecule has 0 aromatic heterocycles. The first-order valence-electron chi connectivity index (χ1n) is 12.1. The molecule has 36 heavy (non-hydrogen) atoms. The van der Waals surface area contributed by atoms with Gasteiger partial charge in [-0.3, -0.25) is 4.79 Å². The third kappa shape index (κ3) is 5.24. The summed E-state index contributed by atoms with van der Waals surface area (Å²) in [6.45, 7) is 8.56. The van der Waals surface area contributed by atoms with E-state index in [9.17, 15) is 9.59 Å². The van der Waals surface area contributed by atoms with E-state index in [0.717, 1.165) is 24.4 Å². The van der Waals surface area contributed by atoms with Gasteiger partial charge in [-0.05, 0) is 51.4 Å².